The number of aryl methyl sites for hydroxylation is 1. The second kappa shape index (κ2) is 16.8. The van der Waals surface area contributed by atoms with Crippen molar-refractivity contribution in [3.63, 3.8) is 0 Å². The first kappa shape index (κ1) is 25.4. The maximum Gasteiger partial charge on any atom is 0.119 e. The third-order valence-electron chi connectivity index (χ3n) is 6.06. The zero-order valence-electron chi connectivity index (χ0n) is 20.2. The van der Waals surface area contributed by atoms with E-state index in [4.69, 9.17) is 9.72 Å². The van der Waals surface area contributed by atoms with E-state index in [-0.39, 0.29) is 0 Å². The molecule has 0 saturated heterocycles. The lowest BCUT2D eigenvalue weighted by Crippen LogP contribution is -1.97. The van der Waals surface area contributed by atoms with Crippen LogP contribution in [0, 0.1) is 0 Å². The topological polar surface area (TPSA) is 22.1 Å². The van der Waals surface area contributed by atoms with Gasteiger partial charge in [0.2, 0.25) is 0 Å². The highest BCUT2D eigenvalue weighted by molar-refractivity contribution is 5.60. The van der Waals surface area contributed by atoms with Gasteiger partial charge in [0.25, 0.3) is 0 Å². The van der Waals surface area contributed by atoms with E-state index >= 15 is 0 Å². The number of pyridine rings is 1. The van der Waals surface area contributed by atoms with Crippen LogP contribution in [0.5, 0.6) is 5.75 Å². The summed E-state index contributed by atoms with van der Waals surface area (Å²) in [5.74, 6) is 0.962. The summed E-state index contributed by atoms with van der Waals surface area (Å²) in [6.45, 7) is 5.35. The van der Waals surface area contributed by atoms with E-state index in [2.05, 4.69) is 56.4 Å². The van der Waals surface area contributed by atoms with E-state index in [9.17, 15) is 0 Å². The van der Waals surface area contributed by atoms with E-state index in [1.807, 2.05) is 0 Å². The molecule has 0 bridgehead atoms. The van der Waals surface area contributed by atoms with Gasteiger partial charge in [0.05, 0.1) is 12.3 Å². The van der Waals surface area contributed by atoms with Gasteiger partial charge in [-0.3, -0.25) is 4.98 Å². The maximum absolute atomic E-state index is 5.89. The molecule has 31 heavy (non-hydrogen) atoms. The zero-order valence-corrected chi connectivity index (χ0v) is 20.2. The average Bonchev–Trinajstić information content (AvgIpc) is 2.81. The normalized spacial score (nSPS) is 11.0. The quantitative estimate of drug-likeness (QED) is 0.223. The lowest BCUT2D eigenvalue weighted by atomic mass is 10.0. The van der Waals surface area contributed by atoms with Crippen molar-refractivity contribution in [1.82, 2.24) is 4.98 Å². The van der Waals surface area contributed by atoms with Gasteiger partial charge in [-0.05, 0) is 55.2 Å². The van der Waals surface area contributed by atoms with Crippen molar-refractivity contribution in [2.75, 3.05) is 6.61 Å². The molecule has 2 heteroatoms. The Bertz CT molecular complexity index is 662. The van der Waals surface area contributed by atoms with E-state index in [0.29, 0.717) is 0 Å². The molecule has 0 spiro atoms. The van der Waals surface area contributed by atoms with Crippen LogP contribution >= 0.6 is 0 Å². The van der Waals surface area contributed by atoms with Gasteiger partial charge in [0.15, 0.2) is 0 Å². The van der Waals surface area contributed by atoms with Crippen LogP contribution in [-0.4, -0.2) is 11.6 Å². The molecule has 172 valence electrons. The van der Waals surface area contributed by atoms with Crippen molar-refractivity contribution >= 4 is 0 Å². The summed E-state index contributed by atoms with van der Waals surface area (Å²) in [5.41, 5.74) is 3.56. The van der Waals surface area contributed by atoms with Crippen molar-refractivity contribution in [1.29, 1.82) is 0 Å². The van der Waals surface area contributed by atoms with Crippen molar-refractivity contribution in [2.24, 2.45) is 0 Å². The van der Waals surface area contributed by atoms with E-state index in [1.54, 1.807) is 0 Å². The third-order valence-corrected chi connectivity index (χ3v) is 6.06. The molecule has 0 atom stereocenters. The predicted octanol–water partition coefficient (Wildman–Crippen LogP) is 9.17. The highest BCUT2D eigenvalue weighted by Gasteiger charge is 2.02. The van der Waals surface area contributed by atoms with Gasteiger partial charge < -0.3 is 4.74 Å². The van der Waals surface area contributed by atoms with Gasteiger partial charge in [0, 0.05) is 11.8 Å². The van der Waals surface area contributed by atoms with Gasteiger partial charge in [-0.15, -0.1) is 0 Å². The van der Waals surface area contributed by atoms with Crippen LogP contribution < -0.4 is 4.74 Å². The molecule has 2 aromatic rings. The smallest absolute Gasteiger partial charge is 0.119 e. The number of benzene rings is 1. The van der Waals surface area contributed by atoms with E-state index in [0.717, 1.165) is 36.5 Å². The second-order valence-electron chi connectivity index (χ2n) is 8.92. The number of nitrogens with zero attached hydrogens (tertiary/aromatic N) is 1. The first-order chi connectivity index (χ1) is 15.3. The molecule has 1 aromatic heterocycles. The predicted molar refractivity (Wildman–Crippen MR) is 135 cm³/mol. The van der Waals surface area contributed by atoms with Gasteiger partial charge in [0.1, 0.15) is 5.75 Å². The van der Waals surface area contributed by atoms with Crippen LogP contribution in [-0.2, 0) is 6.42 Å². The van der Waals surface area contributed by atoms with Crippen LogP contribution in [0.4, 0.5) is 0 Å². The summed E-state index contributed by atoms with van der Waals surface area (Å²) in [7, 11) is 0. The molecule has 0 N–H and O–H groups in total. The minimum atomic E-state index is 0.817. The maximum atomic E-state index is 5.89. The average molecular weight is 424 g/mol. The van der Waals surface area contributed by atoms with Crippen molar-refractivity contribution < 1.29 is 4.74 Å². The molecule has 0 saturated carbocycles. The van der Waals surface area contributed by atoms with Gasteiger partial charge in [-0.25, -0.2) is 0 Å². The van der Waals surface area contributed by atoms with Crippen LogP contribution in [0.25, 0.3) is 11.3 Å². The minimum absolute atomic E-state index is 0.817. The molecule has 1 aromatic carbocycles. The lowest BCUT2D eigenvalue weighted by Gasteiger charge is -2.08. The largest absolute Gasteiger partial charge is 0.494 e. The fourth-order valence-corrected chi connectivity index (χ4v) is 4.00. The number of unbranched alkanes of at least 4 members (excludes halogenated alkanes) is 12. The highest BCUT2D eigenvalue weighted by Crippen LogP contribution is 2.22. The molecule has 0 unspecified atom stereocenters. The molecular formula is C29H45NO. The number of rotatable bonds is 18. The Balaban J connectivity index is 1.63. The lowest BCUT2D eigenvalue weighted by molar-refractivity contribution is 0.304. The van der Waals surface area contributed by atoms with E-state index in [1.165, 1.54) is 89.0 Å². The molecule has 2 nitrogen and oxygen atoms in total. The van der Waals surface area contributed by atoms with Crippen LogP contribution in [0.1, 0.15) is 109 Å². The van der Waals surface area contributed by atoms with Crippen LogP contribution in [0.3, 0.4) is 0 Å². The number of aromatic nitrogens is 1. The molecule has 2 rings (SSSR count). The molecule has 0 amide bonds. The zero-order chi connectivity index (χ0) is 22.0. The molecule has 1 heterocycles. The van der Waals surface area contributed by atoms with Gasteiger partial charge in [-0.1, -0.05) is 97.0 Å². The Kier molecular flexibility index (Phi) is 13.8. The monoisotopic (exact) mass is 423 g/mol. The Morgan fingerprint density at radius 3 is 1.77 bits per heavy atom. The van der Waals surface area contributed by atoms with Crippen molar-refractivity contribution in [3.05, 3.63) is 48.2 Å². The van der Waals surface area contributed by atoms with Crippen molar-refractivity contribution in [3.8, 4) is 17.0 Å². The number of hydrogen-bond acceptors (Lipinski definition) is 2. The molecule has 0 aliphatic carbocycles. The summed E-state index contributed by atoms with van der Waals surface area (Å²) in [6.07, 6.45) is 21.9. The Morgan fingerprint density at radius 2 is 1.19 bits per heavy atom. The summed E-state index contributed by atoms with van der Waals surface area (Å²) in [5, 5.41) is 0. The van der Waals surface area contributed by atoms with Crippen LogP contribution in [0.2, 0.25) is 0 Å². The summed E-state index contributed by atoms with van der Waals surface area (Å²) in [4.78, 5) is 4.70. The molecule has 0 aliphatic heterocycles. The van der Waals surface area contributed by atoms with Gasteiger partial charge >= 0.3 is 0 Å². The van der Waals surface area contributed by atoms with Crippen LogP contribution in [0.15, 0.2) is 42.6 Å². The molecule has 0 fully saturated rings. The first-order valence-corrected chi connectivity index (χ1v) is 13.0. The van der Waals surface area contributed by atoms with Crippen molar-refractivity contribution in [2.45, 2.75) is 110 Å². The molecular weight excluding hydrogens is 378 g/mol. The SMILES string of the molecule is CCCCCCCCCCc1ccc(-c2ccc(OCCCCCCCC)cc2)nc1. The Morgan fingerprint density at radius 1 is 0.613 bits per heavy atom. The Hall–Kier alpha value is -1.83. The number of hydrogen-bond donors (Lipinski definition) is 0. The molecule has 0 aliphatic rings. The summed E-state index contributed by atoms with van der Waals surface area (Å²) < 4.78 is 5.89. The third kappa shape index (κ3) is 11.4. The molecule has 0 radical (unpaired) electrons. The Labute approximate surface area is 191 Å². The highest BCUT2D eigenvalue weighted by atomic mass is 16.5. The number of ether oxygens (including phenoxy) is 1. The summed E-state index contributed by atoms with van der Waals surface area (Å²) >= 11 is 0. The van der Waals surface area contributed by atoms with E-state index < -0.39 is 0 Å². The second-order valence-corrected chi connectivity index (χ2v) is 8.92. The van der Waals surface area contributed by atoms with Gasteiger partial charge in [-0.2, -0.15) is 0 Å². The first-order valence-electron chi connectivity index (χ1n) is 13.0. The summed E-state index contributed by atoms with van der Waals surface area (Å²) in [6, 6.07) is 12.8. The fourth-order valence-electron chi connectivity index (χ4n) is 4.00. The standard InChI is InChI=1S/C29H45NO/c1-3-5-7-9-11-12-13-15-17-26-18-23-29(30-25-26)27-19-21-28(22-20-27)31-24-16-14-10-8-6-4-2/h18-23,25H,3-17,24H2,1-2H3. The minimum Gasteiger partial charge on any atom is -0.494 e. The fraction of sp³-hybridized carbons (Fsp3) is 0.621.